The summed E-state index contributed by atoms with van der Waals surface area (Å²) in [5, 5.41) is 10.9. The minimum atomic E-state index is -3.89. The molecule has 0 saturated heterocycles. The van der Waals surface area contributed by atoms with E-state index in [1.807, 2.05) is 18.2 Å². The second kappa shape index (κ2) is 8.45. The standard InChI is InChI=1S/C17H18N2O6S/c1-12(20)18-16(17(21)19-22)11-26(23,24)15-9-7-14(8-10-15)25-13-5-3-2-4-6-13/h2-10,16,22H,11H2,1H3,(H,18,20)(H,19,21)/t16-/m0/s1. The first-order chi connectivity index (χ1) is 12.3. The Morgan fingerprint density at radius 2 is 1.62 bits per heavy atom. The number of carbonyl (C=O) groups excluding carboxylic acids is 2. The Balaban J connectivity index is 2.15. The SMILES string of the molecule is CC(=O)N[C@@H](CS(=O)(=O)c1ccc(Oc2ccccc2)cc1)C(=O)NO. The van der Waals surface area contributed by atoms with Crippen LogP contribution < -0.4 is 15.5 Å². The number of ether oxygens (including phenoxy) is 1. The fourth-order valence-electron chi connectivity index (χ4n) is 2.16. The zero-order valence-electron chi connectivity index (χ0n) is 13.9. The average Bonchev–Trinajstić information content (AvgIpc) is 2.61. The van der Waals surface area contributed by atoms with Crippen molar-refractivity contribution < 1.29 is 28.0 Å². The second-order valence-electron chi connectivity index (χ2n) is 5.40. The molecule has 2 amide bonds. The smallest absolute Gasteiger partial charge is 0.266 e. The van der Waals surface area contributed by atoms with Gasteiger partial charge in [0, 0.05) is 6.92 Å². The van der Waals surface area contributed by atoms with Crippen molar-refractivity contribution in [2.75, 3.05) is 5.75 Å². The van der Waals surface area contributed by atoms with Gasteiger partial charge in [0.1, 0.15) is 17.5 Å². The van der Waals surface area contributed by atoms with E-state index in [0.29, 0.717) is 11.5 Å². The lowest BCUT2D eigenvalue weighted by Crippen LogP contribution is -2.49. The molecule has 0 saturated carbocycles. The van der Waals surface area contributed by atoms with Crippen molar-refractivity contribution in [3.8, 4) is 11.5 Å². The highest BCUT2D eigenvalue weighted by Gasteiger charge is 2.27. The monoisotopic (exact) mass is 378 g/mol. The first kappa shape index (κ1) is 19.4. The van der Waals surface area contributed by atoms with Gasteiger partial charge in [-0.1, -0.05) is 18.2 Å². The lowest BCUT2D eigenvalue weighted by Gasteiger charge is -2.16. The van der Waals surface area contributed by atoms with E-state index in [4.69, 9.17) is 9.94 Å². The number of hydrogen-bond acceptors (Lipinski definition) is 6. The Kier molecular flexibility index (Phi) is 6.31. The number of nitrogens with one attached hydrogen (secondary N) is 2. The van der Waals surface area contributed by atoms with Crippen LogP contribution in [0.25, 0.3) is 0 Å². The molecule has 0 aliphatic heterocycles. The molecule has 138 valence electrons. The van der Waals surface area contributed by atoms with E-state index in [0.717, 1.165) is 6.92 Å². The van der Waals surface area contributed by atoms with Crippen molar-refractivity contribution in [3.63, 3.8) is 0 Å². The second-order valence-corrected chi connectivity index (χ2v) is 7.43. The summed E-state index contributed by atoms with van der Waals surface area (Å²) >= 11 is 0. The Hall–Kier alpha value is -2.91. The summed E-state index contributed by atoms with van der Waals surface area (Å²) < 4.78 is 30.5. The van der Waals surface area contributed by atoms with Crippen LogP contribution in [0.15, 0.2) is 59.5 Å². The third kappa shape index (κ3) is 5.30. The molecule has 26 heavy (non-hydrogen) atoms. The zero-order valence-corrected chi connectivity index (χ0v) is 14.7. The molecule has 0 fully saturated rings. The van der Waals surface area contributed by atoms with Crippen molar-refractivity contribution in [2.24, 2.45) is 0 Å². The van der Waals surface area contributed by atoms with Crippen LogP contribution in [0.2, 0.25) is 0 Å². The molecule has 2 rings (SSSR count). The van der Waals surface area contributed by atoms with Crippen molar-refractivity contribution >= 4 is 21.7 Å². The molecule has 2 aromatic carbocycles. The first-order valence-electron chi connectivity index (χ1n) is 7.58. The number of hydroxylamine groups is 1. The largest absolute Gasteiger partial charge is 0.457 e. The topological polar surface area (TPSA) is 122 Å². The molecular formula is C17H18N2O6S. The predicted molar refractivity (Wildman–Crippen MR) is 92.5 cm³/mol. The summed E-state index contributed by atoms with van der Waals surface area (Å²) in [6.07, 6.45) is 0. The summed E-state index contributed by atoms with van der Waals surface area (Å²) in [5.41, 5.74) is 1.34. The molecule has 0 aliphatic rings. The molecule has 0 bridgehead atoms. The number of hydrogen-bond donors (Lipinski definition) is 3. The first-order valence-corrected chi connectivity index (χ1v) is 9.24. The fraction of sp³-hybridized carbons (Fsp3) is 0.176. The number of rotatable bonds is 7. The summed E-state index contributed by atoms with van der Waals surface area (Å²) in [6.45, 7) is 1.14. The summed E-state index contributed by atoms with van der Waals surface area (Å²) in [4.78, 5) is 22.6. The predicted octanol–water partition coefficient (Wildman–Crippen LogP) is 1.26. The van der Waals surface area contributed by atoms with E-state index in [2.05, 4.69) is 5.32 Å². The van der Waals surface area contributed by atoms with Crippen LogP contribution in [0.5, 0.6) is 11.5 Å². The molecule has 3 N–H and O–H groups in total. The van der Waals surface area contributed by atoms with E-state index in [9.17, 15) is 18.0 Å². The molecule has 8 nitrogen and oxygen atoms in total. The third-order valence-corrected chi connectivity index (χ3v) is 5.11. The summed E-state index contributed by atoms with van der Waals surface area (Å²) in [5.74, 6) is -1.26. The highest BCUT2D eigenvalue weighted by atomic mass is 32.2. The summed E-state index contributed by atoms with van der Waals surface area (Å²) in [7, 11) is -3.89. The van der Waals surface area contributed by atoms with Gasteiger partial charge in [-0.3, -0.25) is 14.8 Å². The number of amides is 2. The normalized spacial score (nSPS) is 12.1. The van der Waals surface area contributed by atoms with Crippen molar-refractivity contribution in [3.05, 3.63) is 54.6 Å². The number of sulfone groups is 1. The molecule has 0 unspecified atom stereocenters. The maximum atomic E-state index is 12.5. The van der Waals surface area contributed by atoms with Crippen LogP contribution in [0.3, 0.4) is 0 Å². The lowest BCUT2D eigenvalue weighted by molar-refractivity contribution is -0.133. The Bertz CT molecular complexity index is 866. The van der Waals surface area contributed by atoms with Crippen LogP contribution in [0.1, 0.15) is 6.92 Å². The summed E-state index contributed by atoms with van der Waals surface area (Å²) in [6, 6.07) is 13.2. The molecule has 0 spiro atoms. The molecule has 0 aromatic heterocycles. The van der Waals surface area contributed by atoms with E-state index in [1.54, 1.807) is 12.1 Å². The van der Waals surface area contributed by atoms with Gasteiger partial charge in [0.15, 0.2) is 9.84 Å². The van der Waals surface area contributed by atoms with E-state index in [1.165, 1.54) is 29.7 Å². The molecule has 0 radical (unpaired) electrons. The highest BCUT2D eigenvalue weighted by molar-refractivity contribution is 7.91. The molecule has 0 aliphatic carbocycles. The minimum absolute atomic E-state index is 0.0426. The van der Waals surface area contributed by atoms with Crippen LogP contribution >= 0.6 is 0 Å². The zero-order chi connectivity index (χ0) is 19.2. The van der Waals surface area contributed by atoms with E-state index in [-0.39, 0.29) is 4.90 Å². The maximum absolute atomic E-state index is 12.5. The van der Waals surface area contributed by atoms with Gasteiger partial charge in [0.2, 0.25) is 5.91 Å². The minimum Gasteiger partial charge on any atom is -0.457 e. The average molecular weight is 378 g/mol. The van der Waals surface area contributed by atoms with Gasteiger partial charge in [-0.25, -0.2) is 13.9 Å². The number of benzene rings is 2. The molecule has 1 atom stereocenters. The van der Waals surface area contributed by atoms with E-state index < -0.39 is 33.4 Å². The van der Waals surface area contributed by atoms with Gasteiger partial charge in [0.25, 0.3) is 5.91 Å². The fourth-order valence-corrected chi connectivity index (χ4v) is 3.58. The van der Waals surface area contributed by atoms with Gasteiger partial charge in [0.05, 0.1) is 10.6 Å². The maximum Gasteiger partial charge on any atom is 0.266 e. The molecule has 0 heterocycles. The van der Waals surface area contributed by atoms with Gasteiger partial charge >= 0.3 is 0 Å². The van der Waals surface area contributed by atoms with Crippen molar-refractivity contribution in [2.45, 2.75) is 17.9 Å². The Labute approximate surface area is 150 Å². The Morgan fingerprint density at radius 3 is 2.15 bits per heavy atom. The van der Waals surface area contributed by atoms with Gasteiger partial charge in [-0.05, 0) is 36.4 Å². The lowest BCUT2D eigenvalue weighted by atomic mass is 10.3. The number of carbonyl (C=O) groups is 2. The van der Waals surface area contributed by atoms with Crippen LogP contribution in [-0.2, 0) is 19.4 Å². The van der Waals surface area contributed by atoms with Crippen molar-refractivity contribution in [1.82, 2.24) is 10.8 Å². The van der Waals surface area contributed by atoms with Gasteiger partial charge in [-0.15, -0.1) is 0 Å². The quantitative estimate of drug-likeness (QED) is 0.493. The van der Waals surface area contributed by atoms with Gasteiger partial charge < -0.3 is 10.1 Å². The van der Waals surface area contributed by atoms with Crippen LogP contribution in [0.4, 0.5) is 0 Å². The third-order valence-electron chi connectivity index (χ3n) is 3.35. The highest BCUT2D eigenvalue weighted by Crippen LogP contribution is 2.23. The van der Waals surface area contributed by atoms with Gasteiger partial charge in [-0.2, -0.15) is 0 Å². The number of para-hydroxylation sites is 1. The van der Waals surface area contributed by atoms with Crippen LogP contribution in [-0.4, -0.2) is 37.2 Å². The Morgan fingerprint density at radius 1 is 1.04 bits per heavy atom. The molecule has 9 heteroatoms. The van der Waals surface area contributed by atoms with Crippen molar-refractivity contribution in [1.29, 1.82) is 0 Å². The van der Waals surface area contributed by atoms with E-state index >= 15 is 0 Å². The molecular weight excluding hydrogens is 360 g/mol. The molecule has 2 aromatic rings. The van der Waals surface area contributed by atoms with Crippen LogP contribution in [0, 0.1) is 0 Å².